The first-order valence-electron chi connectivity index (χ1n) is 4.07. The van der Waals surface area contributed by atoms with E-state index in [0.717, 1.165) is 0 Å². The Balaban J connectivity index is 2.91. The third kappa shape index (κ3) is 1.92. The van der Waals surface area contributed by atoms with Crippen LogP contribution in [0.1, 0.15) is 24.3 Å². The third-order valence-electron chi connectivity index (χ3n) is 2.03. The molecule has 0 unspecified atom stereocenters. The van der Waals surface area contributed by atoms with Gasteiger partial charge in [-0.1, -0.05) is 5.21 Å². The van der Waals surface area contributed by atoms with E-state index in [-0.39, 0.29) is 5.78 Å². The van der Waals surface area contributed by atoms with Crippen molar-refractivity contribution < 1.29 is 4.79 Å². The first-order chi connectivity index (χ1) is 5.97. The molecule has 0 aliphatic heterocycles. The molecule has 0 aliphatic carbocycles. The Morgan fingerprint density at radius 3 is 2.62 bits per heavy atom. The molecular formula is C8H14N4O. The third-order valence-corrected chi connectivity index (χ3v) is 2.03. The zero-order valence-electron chi connectivity index (χ0n) is 8.33. The Morgan fingerprint density at radius 2 is 2.23 bits per heavy atom. The van der Waals surface area contributed by atoms with Crippen molar-refractivity contribution in [2.45, 2.75) is 19.4 Å². The Labute approximate surface area is 77.1 Å². The lowest BCUT2D eigenvalue weighted by Gasteiger charge is -2.20. The van der Waals surface area contributed by atoms with Gasteiger partial charge in [-0.05, 0) is 20.9 Å². The molecule has 0 fully saturated rings. The lowest BCUT2D eigenvalue weighted by molar-refractivity contribution is 0.0884. The minimum atomic E-state index is -0.587. The van der Waals surface area contributed by atoms with Crippen LogP contribution in [0.25, 0.3) is 0 Å². The van der Waals surface area contributed by atoms with E-state index in [4.69, 9.17) is 0 Å². The molecule has 72 valence electrons. The Bertz CT molecular complexity index is 316. The maximum absolute atomic E-state index is 11.7. The van der Waals surface area contributed by atoms with Crippen LogP contribution in [0.2, 0.25) is 0 Å². The first kappa shape index (κ1) is 9.85. The highest BCUT2D eigenvalue weighted by molar-refractivity contribution is 6.00. The summed E-state index contributed by atoms with van der Waals surface area (Å²) in [5.41, 5.74) is -0.197. The minimum Gasteiger partial charge on any atom is -0.308 e. The Kier molecular flexibility index (Phi) is 2.47. The van der Waals surface area contributed by atoms with E-state index < -0.39 is 5.54 Å². The first-order valence-corrected chi connectivity index (χ1v) is 4.07. The second kappa shape index (κ2) is 3.26. The number of nitrogens with zero attached hydrogens (tertiary/aromatic N) is 3. The van der Waals surface area contributed by atoms with Crippen molar-refractivity contribution in [1.29, 1.82) is 0 Å². The number of aryl methyl sites for hydroxylation is 1. The maximum Gasteiger partial charge on any atom is 0.204 e. The summed E-state index contributed by atoms with van der Waals surface area (Å²) < 4.78 is 1.51. The van der Waals surface area contributed by atoms with Gasteiger partial charge in [0.05, 0.1) is 11.7 Å². The standard InChI is InChI=1S/C8H14N4O/c1-8(2,9-3)7(13)6-5-12(4)11-10-6/h5,9H,1-4H3. The van der Waals surface area contributed by atoms with Crippen molar-refractivity contribution in [2.24, 2.45) is 7.05 Å². The van der Waals surface area contributed by atoms with Gasteiger partial charge in [-0.15, -0.1) is 5.10 Å². The van der Waals surface area contributed by atoms with Crippen molar-refractivity contribution in [2.75, 3.05) is 7.05 Å². The normalized spacial score (nSPS) is 11.7. The molecule has 5 nitrogen and oxygen atoms in total. The van der Waals surface area contributed by atoms with Crippen molar-refractivity contribution >= 4 is 5.78 Å². The second-order valence-corrected chi connectivity index (χ2v) is 3.48. The molecule has 1 heterocycles. The molecule has 1 aromatic rings. The molecular weight excluding hydrogens is 168 g/mol. The molecule has 1 N–H and O–H groups in total. The molecule has 0 saturated carbocycles. The van der Waals surface area contributed by atoms with Crippen LogP contribution in [-0.2, 0) is 7.05 Å². The molecule has 0 spiro atoms. The van der Waals surface area contributed by atoms with Gasteiger partial charge in [0.1, 0.15) is 0 Å². The molecule has 1 aromatic heterocycles. The molecule has 0 aliphatic rings. The van der Waals surface area contributed by atoms with Gasteiger partial charge < -0.3 is 5.32 Å². The molecule has 1 rings (SSSR count). The van der Waals surface area contributed by atoms with E-state index in [0.29, 0.717) is 5.69 Å². The van der Waals surface area contributed by atoms with E-state index in [9.17, 15) is 4.79 Å². The van der Waals surface area contributed by atoms with Crippen molar-refractivity contribution in [3.63, 3.8) is 0 Å². The predicted octanol–water partition coefficient (Wildman–Crippen LogP) is -0.00420. The Hall–Kier alpha value is -1.23. The maximum atomic E-state index is 11.7. The highest BCUT2D eigenvalue weighted by Crippen LogP contribution is 2.09. The summed E-state index contributed by atoms with van der Waals surface area (Å²) in [5, 5.41) is 10.4. The number of hydrogen-bond donors (Lipinski definition) is 1. The molecule has 5 heteroatoms. The summed E-state index contributed by atoms with van der Waals surface area (Å²) in [7, 11) is 3.48. The van der Waals surface area contributed by atoms with E-state index in [1.54, 1.807) is 20.3 Å². The topological polar surface area (TPSA) is 59.8 Å². The van der Waals surface area contributed by atoms with Crippen LogP contribution in [0.5, 0.6) is 0 Å². The molecule has 0 amide bonds. The van der Waals surface area contributed by atoms with Crippen molar-refractivity contribution in [3.8, 4) is 0 Å². The summed E-state index contributed by atoms with van der Waals surface area (Å²) in [6.45, 7) is 3.62. The van der Waals surface area contributed by atoms with Crippen LogP contribution >= 0.6 is 0 Å². The lowest BCUT2D eigenvalue weighted by atomic mass is 9.97. The van der Waals surface area contributed by atoms with Gasteiger partial charge in [-0.25, -0.2) is 0 Å². The number of Topliss-reactive ketones (excluding diaryl/α,β-unsaturated/α-hetero) is 1. The van der Waals surface area contributed by atoms with E-state index in [2.05, 4.69) is 15.6 Å². The van der Waals surface area contributed by atoms with Crippen LogP contribution in [0.3, 0.4) is 0 Å². The summed E-state index contributed by atoms with van der Waals surface area (Å²) in [6, 6.07) is 0. The van der Waals surface area contributed by atoms with E-state index in [1.807, 2.05) is 13.8 Å². The molecule has 0 bridgehead atoms. The number of hydrogen-bond acceptors (Lipinski definition) is 4. The van der Waals surface area contributed by atoms with Crippen LogP contribution in [0.15, 0.2) is 6.20 Å². The highest BCUT2D eigenvalue weighted by Gasteiger charge is 2.28. The zero-order valence-corrected chi connectivity index (χ0v) is 8.33. The number of carbonyl (C=O) groups is 1. The van der Waals surface area contributed by atoms with Gasteiger partial charge in [0, 0.05) is 7.05 Å². The molecule has 0 radical (unpaired) electrons. The summed E-state index contributed by atoms with van der Waals surface area (Å²) in [6.07, 6.45) is 1.61. The highest BCUT2D eigenvalue weighted by atomic mass is 16.1. The average Bonchev–Trinajstić information content (AvgIpc) is 2.50. The fourth-order valence-corrected chi connectivity index (χ4v) is 0.885. The van der Waals surface area contributed by atoms with Gasteiger partial charge in [-0.2, -0.15) is 0 Å². The van der Waals surface area contributed by atoms with Crippen LogP contribution in [0.4, 0.5) is 0 Å². The smallest absolute Gasteiger partial charge is 0.204 e. The SMILES string of the molecule is CNC(C)(C)C(=O)c1cn(C)nn1. The predicted molar refractivity (Wildman–Crippen MR) is 48.5 cm³/mol. The van der Waals surface area contributed by atoms with Crippen molar-refractivity contribution in [1.82, 2.24) is 20.3 Å². The number of aromatic nitrogens is 3. The minimum absolute atomic E-state index is 0.0527. The monoisotopic (exact) mass is 182 g/mol. The average molecular weight is 182 g/mol. The van der Waals surface area contributed by atoms with E-state index >= 15 is 0 Å². The number of likely N-dealkylation sites (N-methyl/N-ethyl adjacent to an activating group) is 1. The second-order valence-electron chi connectivity index (χ2n) is 3.48. The van der Waals surface area contributed by atoms with Crippen LogP contribution in [-0.4, -0.2) is 33.4 Å². The molecule has 0 aromatic carbocycles. The lowest BCUT2D eigenvalue weighted by Crippen LogP contribution is -2.44. The van der Waals surface area contributed by atoms with Gasteiger partial charge in [0.15, 0.2) is 5.69 Å². The fourth-order valence-electron chi connectivity index (χ4n) is 0.885. The quantitative estimate of drug-likeness (QED) is 0.668. The largest absolute Gasteiger partial charge is 0.308 e. The molecule has 13 heavy (non-hydrogen) atoms. The molecule has 0 saturated heterocycles. The van der Waals surface area contributed by atoms with Crippen molar-refractivity contribution in [3.05, 3.63) is 11.9 Å². The summed E-state index contributed by atoms with van der Waals surface area (Å²) >= 11 is 0. The number of carbonyl (C=O) groups excluding carboxylic acids is 1. The van der Waals surface area contributed by atoms with Gasteiger partial charge >= 0.3 is 0 Å². The summed E-state index contributed by atoms with van der Waals surface area (Å²) in [4.78, 5) is 11.7. The number of ketones is 1. The van der Waals surface area contributed by atoms with Gasteiger partial charge in [-0.3, -0.25) is 9.48 Å². The van der Waals surface area contributed by atoms with Gasteiger partial charge in [0.25, 0.3) is 0 Å². The molecule has 0 atom stereocenters. The number of nitrogens with one attached hydrogen (secondary N) is 1. The van der Waals surface area contributed by atoms with Gasteiger partial charge in [0.2, 0.25) is 5.78 Å². The van der Waals surface area contributed by atoms with Crippen LogP contribution < -0.4 is 5.32 Å². The van der Waals surface area contributed by atoms with E-state index in [1.165, 1.54) is 4.68 Å². The zero-order chi connectivity index (χ0) is 10.1. The Morgan fingerprint density at radius 1 is 1.62 bits per heavy atom. The number of rotatable bonds is 3. The fraction of sp³-hybridized carbons (Fsp3) is 0.625. The van der Waals surface area contributed by atoms with Crippen LogP contribution in [0, 0.1) is 0 Å². The summed E-state index contributed by atoms with van der Waals surface area (Å²) in [5.74, 6) is -0.0527.